The molecule has 0 saturated carbocycles. The summed E-state index contributed by atoms with van der Waals surface area (Å²) in [5.74, 6) is 0.872. The van der Waals surface area contributed by atoms with E-state index in [1.807, 2.05) is 6.07 Å². The van der Waals surface area contributed by atoms with E-state index >= 15 is 0 Å². The minimum absolute atomic E-state index is 0.822. The van der Waals surface area contributed by atoms with Gasteiger partial charge in [0, 0.05) is 30.5 Å². The number of hydrogen-bond donors (Lipinski definition) is 1. The molecule has 2 aromatic heterocycles. The number of benzene rings is 2. The molecule has 2 aromatic carbocycles. The van der Waals surface area contributed by atoms with E-state index in [1.54, 1.807) is 6.33 Å². The monoisotopic (exact) mass is 371 g/mol. The van der Waals surface area contributed by atoms with E-state index in [0.717, 1.165) is 46.8 Å². The third-order valence-corrected chi connectivity index (χ3v) is 4.80. The predicted octanol–water partition coefficient (Wildman–Crippen LogP) is 4.37. The molecular formula is C23H25N5. The number of anilines is 1. The van der Waals surface area contributed by atoms with Crippen molar-refractivity contribution in [2.24, 2.45) is 0 Å². The molecule has 0 bridgehead atoms. The standard InChI is InChI=1S/C23H25N5/c1-17-8-7-11-19(14-17)28-15-20(18-9-5-4-6-10-18)21-22(24-12-13-27(2)3)25-16-26-23(21)28/h4-11,14-16H,12-13H2,1-3H3,(H,24,25,26). The summed E-state index contributed by atoms with van der Waals surface area (Å²) in [4.78, 5) is 11.4. The molecule has 0 spiro atoms. The Kier molecular flexibility index (Phi) is 5.08. The van der Waals surface area contributed by atoms with Crippen LogP contribution >= 0.6 is 0 Å². The van der Waals surface area contributed by atoms with Gasteiger partial charge in [-0.3, -0.25) is 0 Å². The predicted molar refractivity (Wildman–Crippen MR) is 116 cm³/mol. The molecule has 0 aliphatic rings. The third-order valence-electron chi connectivity index (χ3n) is 4.80. The summed E-state index contributed by atoms with van der Waals surface area (Å²) >= 11 is 0. The average Bonchev–Trinajstić information content (AvgIpc) is 3.09. The van der Waals surface area contributed by atoms with Crippen LogP contribution in [-0.4, -0.2) is 46.6 Å². The Morgan fingerprint density at radius 1 is 1.00 bits per heavy atom. The van der Waals surface area contributed by atoms with Gasteiger partial charge in [0.1, 0.15) is 12.1 Å². The highest BCUT2D eigenvalue weighted by atomic mass is 15.1. The lowest BCUT2D eigenvalue weighted by molar-refractivity contribution is 0.425. The molecule has 0 atom stereocenters. The second-order valence-electron chi connectivity index (χ2n) is 7.27. The Hall–Kier alpha value is -3.18. The van der Waals surface area contributed by atoms with Gasteiger partial charge in [-0.25, -0.2) is 9.97 Å². The molecule has 0 unspecified atom stereocenters. The highest BCUT2D eigenvalue weighted by molar-refractivity contribution is 6.02. The lowest BCUT2D eigenvalue weighted by Gasteiger charge is -2.12. The lowest BCUT2D eigenvalue weighted by atomic mass is 10.1. The Morgan fingerprint density at radius 3 is 2.57 bits per heavy atom. The van der Waals surface area contributed by atoms with Gasteiger partial charge >= 0.3 is 0 Å². The van der Waals surface area contributed by atoms with Crippen molar-refractivity contribution in [2.75, 3.05) is 32.5 Å². The van der Waals surface area contributed by atoms with Crippen molar-refractivity contribution in [2.45, 2.75) is 6.92 Å². The maximum atomic E-state index is 4.64. The molecule has 1 N–H and O–H groups in total. The number of hydrogen-bond acceptors (Lipinski definition) is 4. The first kappa shape index (κ1) is 18.2. The van der Waals surface area contributed by atoms with Crippen LogP contribution < -0.4 is 5.32 Å². The maximum Gasteiger partial charge on any atom is 0.150 e. The van der Waals surface area contributed by atoms with Crippen LogP contribution in [0, 0.1) is 6.92 Å². The van der Waals surface area contributed by atoms with E-state index in [9.17, 15) is 0 Å². The molecule has 4 aromatic rings. The van der Waals surface area contributed by atoms with Crippen molar-refractivity contribution in [3.8, 4) is 16.8 Å². The first-order valence-corrected chi connectivity index (χ1v) is 9.50. The van der Waals surface area contributed by atoms with E-state index in [2.05, 4.69) is 100 Å². The molecule has 2 heterocycles. The minimum Gasteiger partial charge on any atom is -0.368 e. The van der Waals surface area contributed by atoms with Crippen LogP contribution in [0.1, 0.15) is 5.56 Å². The van der Waals surface area contributed by atoms with Gasteiger partial charge in [0.2, 0.25) is 0 Å². The summed E-state index contributed by atoms with van der Waals surface area (Å²) in [6, 6.07) is 18.9. The third kappa shape index (κ3) is 3.62. The van der Waals surface area contributed by atoms with E-state index in [-0.39, 0.29) is 0 Å². The van der Waals surface area contributed by atoms with Crippen molar-refractivity contribution in [3.05, 3.63) is 72.7 Å². The molecule has 0 amide bonds. The first-order valence-electron chi connectivity index (χ1n) is 9.50. The number of aryl methyl sites for hydroxylation is 1. The summed E-state index contributed by atoms with van der Waals surface area (Å²) < 4.78 is 2.16. The Labute approximate surface area is 165 Å². The number of rotatable bonds is 6. The van der Waals surface area contributed by atoms with Crippen LogP contribution in [0.3, 0.4) is 0 Å². The second kappa shape index (κ2) is 7.82. The van der Waals surface area contributed by atoms with E-state index in [1.165, 1.54) is 5.56 Å². The van der Waals surface area contributed by atoms with Crippen molar-refractivity contribution in [1.82, 2.24) is 19.4 Å². The number of nitrogens with one attached hydrogen (secondary N) is 1. The summed E-state index contributed by atoms with van der Waals surface area (Å²) in [6.45, 7) is 3.87. The van der Waals surface area contributed by atoms with Gasteiger partial charge in [-0.1, -0.05) is 42.5 Å². The second-order valence-corrected chi connectivity index (χ2v) is 7.27. The zero-order valence-electron chi connectivity index (χ0n) is 16.6. The molecule has 142 valence electrons. The average molecular weight is 371 g/mol. The fourth-order valence-corrected chi connectivity index (χ4v) is 3.40. The number of nitrogens with zero attached hydrogens (tertiary/aromatic N) is 4. The molecule has 0 aliphatic carbocycles. The van der Waals surface area contributed by atoms with Gasteiger partial charge in [0.05, 0.1) is 5.39 Å². The van der Waals surface area contributed by atoms with Crippen LogP contribution in [0.4, 0.5) is 5.82 Å². The highest BCUT2D eigenvalue weighted by Gasteiger charge is 2.17. The molecule has 4 rings (SSSR count). The quantitative estimate of drug-likeness (QED) is 0.547. The van der Waals surface area contributed by atoms with Crippen LogP contribution in [0.25, 0.3) is 27.8 Å². The summed E-state index contributed by atoms with van der Waals surface area (Å²) in [6.07, 6.45) is 3.81. The normalized spacial score (nSPS) is 11.3. The molecule has 0 saturated heterocycles. The maximum absolute atomic E-state index is 4.64. The van der Waals surface area contributed by atoms with Gasteiger partial charge < -0.3 is 14.8 Å². The summed E-state index contributed by atoms with van der Waals surface area (Å²) in [5.41, 5.74) is 5.52. The van der Waals surface area contributed by atoms with Crippen molar-refractivity contribution in [3.63, 3.8) is 0 Å². The van der Waals surface area contributed by atoms with Gasteiger partial charge in [-0.2, -0.15) is 0 Å². The molecule has 0 aliphatic heterocycles. The first-order chi connectivity index (χ1) is 13.6. The lowest BCUT2D eigenvalue weighted by Crippen LogP contribution is -2.21. The summed E-state index contributed by atoms with van der Waals surface area (Å²) in [5, 5.41) is 4.55. The Bertz CT molecular complexity index is 1080. The zero-order chi connectivity index (χ0) is 19.5. The Morgan fingerprint density at radius 2 is 1.82 bits per heavy atom. The minimum atomic E-state index is 0.822. The number of likely N-dealkylation sites (N-methyl/N-ethyl adjacent to an activating group) is 1. The largest absolute Gasteiger partial charge is 0.368 e. The smallest absolute Gasteiger partial charge is 0.150 e. The molecular weight excluding hydrogens is 346 g/mol. The fourth-order valence-electron chi connectivity index (χ4n) is 3.40. The van der Waals surface area contributed by atoms with Crippen molar-refractivity contribution < 1.29 is 0 Å². The Balaban J connectivity index is 1.90. The van der Waals surface area contributed by atoms with E-state index in [0.29, 0.717) is 0 Å². The van der Waals surface area contributed by atoms with Crippen LogP contribution in [0.2, 0.25) is 0 Å². The fraction of sp³-hybridized carbons (Fsp3) is 0.217. The molecule has 5 heteroatoms. The molecule has 0 radical (unpaired) electrons. The number of fused-ring (bicyclic) bond motifs is 1. The van der Waals surface area contributed by atoms with Crippen LogP contribution in [-0.2, 0) is 0 Å². The van der Waals surface area contributed by atoms with Crippen LogP contribution in [0.5, 0.6) is 0 Å². The van der Waals surface area contributed by atoms with Crippen molar-refractivity contribution >= 4 is 16.9 Å². The summed E-state index contributed by atoms with van der Waals surface area (Å²) in [7, 11) is 4.14. The van der Waals surface area contributed by atoms with Gasteiger partial charge in [-0.15, -0.1) is 0 Å². The van der Waals surface area contributed by atoms with Crippen LogP contribution in [0.15, 0.2) is 67.1 Å². The van der Waals surface area contributed by atoms with E-state index in [4.69, 9.17) is 0 Å². The molecule has 28 heavy (non-hydrogen) atoms. The SMILES string of the molecule is Cc1cccc(-n2cc(-c3ccccc3)c3c(NCCN(C)C)ncnc32)c1. The molecule has 0 fully saturated rings. The topological polar surface area (TPSA) is 46.0 Å². The van der Waals surface area contributed by atoms with Crippen molar-refractivity contribution in [1.29, 1.82) is 0 Å². The number of aromatic nitrogens is 3. The van der Waals surface area contributed by atoms with Gasteiger partial charge in [0.15, 0.2) is 5.65 Å². The zero-order valence-corrected chi connectivity index (χ0v) is 16.6. The van der Waals surface area contributed by atoms with E-state index < -0.39 is 0 Å². The molecule has 5 nitrogen and oxygen atoms in total. The highest BCUT2D eigenvalue weighted by Crippen LogP contribution is 2.35. The van der Waals surface area contributed by atoms with Gasteiger partial charge in [0.25, 0.3) is 0 Å². The van der Waals surface area contributed by atoms with Gasteiger partial charge in [-0.05, 0) is 44.3 Å².